The van der Waals surface area contributed by atoms with Crippen LogP contribution in [0.3, 0.4) is 0 Å². The van der Waals surface area contributed by atoms with E-state index in [2.05, 4.69) is 40.1 Å². The summed E-state index contributed by atoms with van der Waals surface area (Å²) in [6, 6.07) is 10.5. The quantitative estimate of drug-likeness (QED) is 0.602. The highest BCUT2D eigenvalue weighted by atomic mass is 16.5. The summed E-state index contributed by atoms with van der Waals surface area (Å²) in [6.07, 6.45) is 0. The first-order chi connectivity index (χ1) is 8.01. The molecule has 3 nitrogen and oxygen atoms in total. The van der Waals surface area contributed by atoms with Crippen molar-refractivity contribution in [1.82, 2.24) is 4.98 Å². The van der Waals surface area contributed by atoms with Crippen molar-refractivity contribution in [2.75, 3.05) is 0 Å². The molecule has 0 unspecified atom stereocenters. The Morgan fingerprint density at radius 3 is 2.35 bits per heavy atom. The van der Waals surface area contributed by atoms with Gasteiger partial charge in [-0.1, -0.05) is 24.3 Å². The summed E-state index contributed by atoms with van der Waals surface area (Å²) in [6.45, 7) is 5.92. The van der Waals surface area contributed by atoms with E-state index in [1.165, 1.54) is 16.5 Å². The predicted octanol–water partition coefficient (Wildman–Crippen LogP) is 3.17. The average Bonchev–Trinajstić information content (AvgIpc) is 2.22. The van der Waals surface area contributed by atoms with Gasteiger partial charge in [-0.25, -0.2) is 4.98 Å². The van der Waals surface area contributed by atoms with Gasteiger partial charge in [-0.2, -0.15) is 0 Å². The van der Waals surface area contributed by atoms with E-state index in [4.69, 9.17) is 0 Å². The maximum atomic E-state index is 9.60. The molecule has 0 N–H and O–H groups in total. The number of ether oxygens (including phenoxy) is 1. The lowest BCUT2D eigenvalue weighted by Crippen LogP contribution is -2.17. The van der Waals surface area contributed by atoms with E-state index < -0.39 is 0 Å². The fraction of sp³-hybridized carbons (Fsp3) is 0.286. The van der Waals surface area contributed by atoms with Gasteiger partial charge >= 0.3 is 0 Å². The molecule has 17 heavy (non-hydrogen) atoms. The molecule has 0 saturated heterocycles. The molecule has 3 heteroatoms. The van der Waals surface area contributed by atoms with E-state index in [1.54, 1.807) is 0 Å². The number of aromatic nitrogens is 1. The molecule has 88 valence electrons. The van der Waals surface area contributed by atoms with Crippen LogP contribution in [0.25, 0.3) is 22.2 Å². The Hall–Kier alpha value is -1.90. The zero-order valence-corrected chi connectivity index (χ0v) is 10.2. The molecule has 2 heterocycles. The van der Waals surface area contributed by atoms with Gasteiger partial charge in [0.25, 0.3) is 6.47 Å². The van der Waals surface area contributed by atoms with Crippen LogP contribution in [0.5, 0.6) is 0 Å². The van der Waals surface area contributed by atoms with E-state index in [1.807, 2.05) is 20.8 Å². The highest BCUT2D eigenvalue weighted by Crippen LogP contribution is 2.34. The van der Waals surface area contributed by atoms with E-state index in [-0.39, 0.29) is 5.60 Å². The van der Waals surface area contributed by atoms with Crippen LogP contribution in [0, 0.1) is 0 Å². The number of fused-ring (bicyclic) bond motifs is 2. The van der Waals surface area contributed by atoms with Crippen LogP contribution in [-0.2, 0) is 9.53 Å². The second-order valence-electron chi connectivity index (χ2n) is 4.90. The first kappa shape index (κ1) is 11.6. The molecule has 0 atom stereocenters. The van der Waals surface area contributed by atoms with Crippen molar-refractivity contribution < 1.29 is 9.53 Å². The van der Waals surface area contributed by atoms with Crippen molar-refractivity contribution in [3.05, 3.63) is 30.3 Å². The van der Waals surface area contributed by atoms with Gasteiger partial charge in [0.05, 0.1) is 11.2 Å². The number of hydrogen-bond acceptors (Lipinski definition) is 3. The van der Waals surface area contributed by atoms with Gasteiger partial charge in [-0.3, -0.25) is 4.79 Å². The third-order valence-corrected chi connectivity index (χ3v) is 2.40. The number of carbonyl (C=O) groups excluding carboxylic acids is 1. The summed E-state index contributed by atoms with van der Waals surface area (Å²) in [5, 5.41) is 1.26. The Labute approximate surface area is 100 Å². The standard InChI is InChI=1S/C9H5N.C5H10O2/c1-2-6-4-5-8-7(3-1)9(6)10-8;1-5(2,3)7-4-6/h1-5H;4H,1-3H3. The summed E-state index contributed by atoms with van der Waals surface area (Å²) in [7, 11) is 0. The normalized spacial score (nSPS) is 11.5. The fourth-order valence-corrected chi connectivity index (χ4v) is 1.60. The second kappa shape index (κ2) is 4.17. The minimum Gasteiger partial charge on any atom is -0.462 e. The molecule has 3 rings (SSSR count). The Kier molecular flexibility index (Phi) is 2.84. The molecule has 2 bridgehead atoms. The summed E-state index contributed by atoms with van der Waals surface area (Å²) in [5.41, 5.74) is 3.32. The molecular formula is C14H15NO2. The van der Waals surface area contributed by atoms with E-state index in [9.17, 15) is 4.79 Å². The Bertz CT molecular complexity index is 543. The lowest BCUT2D eigenvalue weighted by Gasteiger charge is -2.14. The highest BCUT2D eigenvalue weighted by Gasteiger charge is 2.14. The SMILES string of the molecule is CC(C)(C)OC=O.c1cc2c3nc-2ccc3c1. The first-order valence-corrected chi connectivity index (χ1v) is 5.53. The number of rotatable bonds is 1. The van der Waals surface area contributed by atoms with Crippen LogP contribution in [0.4, 0.5) is 0 Å². The van der Waals surface area contributed by atoms with E-state index in [0.29, 0.717) is 6.47 Å². The Morgan fingerprint density at radius 2 is 1.94 bits per heavy atom. The summed E-state index contributed by atoms with van der Waals surface area (Å²) in [4.78, 5) is 13.9. The number of para-hydroxylation sites is 1. The van der Waals surface area contributed by atoms with Gasteiger partial charge < -0.3 is 4.74 Å². The zero-order valence-electron chi connectivity index (χ0n) is 10.2. The van der Waals surface area contributed by atoms with Crippen molar-refractivity contribution in [2.45, 2.75) is 26.4 Å². The monoisotopic (exact) mass is 229 g/mol. The summed E-state index contributed by atoms with van der Waals surface area (Å²) < 4.78 is 4.55. The molecule has 0 spiro atoms. The fourth-order valence-electron chi connectivity index (χ4n) is 1.60. The van der Waals surface area contributed by atoms with Crippen molar-refractivity contribution in [3.8, 4) is 11.3 Å². The van der Waals surface area contributed by atoms with Crippen LogP contribution >= 0.6 is 0 Å². The summed E-state index contributed by atoms with van der Waals surface area (Å²) >= 11 is 0. The van der Waals surface area contributed by atoms with Crippen molar-refractivity contribution >= 4 is 17.4 Å². The molecule has 0 fully saturated rings. The van der Waals surface area contributed by atoms with Gasteiger partial charge in [0, 0.05) is 10.9 Å². The minimum atomic E-state index is -0.318. The smallest absolute Gasteiger partial charge is 0.293 e. The molecule has 0 saturated carbocycles. The number of nitrogens with zero attached hydrogens (tertiary/aromatic N) is 1. The largest absolute Gasteiger partial charge is 0.462 e. The van der Waals surface area contributed by atoms with Crippen molar-refractivity contribution in [1.29, 1.82) is 0 Å². The predicted molar refractivity (Wildman–Crippen MR) is 67.6 cm³/mol. The van der Waals surface area contributed by atoms with Crippen molar-refractivity contribution in [2.24, 2.45) is 0 Å². The van der Waals surface area contributed by atoms with Crippen molar-refractivity contribution in [3.63, 3.8) is 0 Å². The Morgan fingerprint density at radius 1 is 1.18 bits per heavy atom. The molecule has 1 aromatic heterocycles. The molecule has 0 aliphatic carbocycles. The lowest BCUT2D eigenvalue weighted by atomic mass is 9.99. The molecular weight excluding hydrogens is 214 g/mol. The van der Waals surface area contributed by atoms with Crippen LogP contribution in [0.1, 0.15) is 20.8 Å². The van der Waals surface area contributed by atoms with Gasteiger partial charge in [-0.05, 0) is 26.8 Å². The summed E-state index contributed by atoms with van der Waals surface area (Å²) in [5.74, 6) is 0. The van der Waals surface area contributed by atoms with Gasteiger partial charge in [-0.15, -0.1) is 0 Å². The second-order valence-corrected chi connectivity index (χ2v) is 4.90. The molecule has 1 aliphatic rings. The molecule has 1 aromatic carbocycles. The topological polar surface area (TPSA) is 39.2 Å². The van der Waals surface area contributed by atoms with Gasteiger partial charge in [0.2, 0.25) is 0 Å². The molecule has 0 amide bonds. The first-order valence-electron chi connectivity index (χ1n) is 5.53. The highest BCUT2D eigenvalue weighted by molar-refractivity contribution is 6.00. The number of carbonyl (C=O) groups is 1. The van der Waals surface area contributed by atoms with E-state index >= 15 is 0 Å². The number of benzene rings is 2. The number of hydrogen-bond donors (Lipinski definition) is 0. The van der Waals surface area contributed by atoms with Crippen LogP contribution < -0.4 is 0 Å². The Balaban J connectivity index is 0.000000139. The zero-order chi connectivity index (χ0) is 12.5. The third kappa shape index (κ3) is 2.44. The van der Waals surface area contributed by atoms with Crippen LogP contribution in [-0.4, -0.2) is 17.1 Å². The molecule has 1 aliphatic heterocycles. The lowest BCUT2D eigenvalue weighted by molar-refractivity contribution is -0.138. The maximum absolute atomic E-state index is 9.60. The molecule has 2 aromatic rings. The minimum absolute atomic E-state index is 0.318. The maximum Gasteiger partial charge on any atom is 0.293 e. The van der Waals surface area contributed by atoms with Crippen LogP contribution in [0.15, 0.2) is 30.3 Å². The van der Waals surface area contributed by atoms with E-state index in [0.717, 1.165) is 5.69 Å². The number of pyridine rings is 1. The van der Waals surface area contributed by atoms with Gasteiger partial charge in [0.15, 0.2) is 0 Å². The van der Waals surface area contributed by atoms with Crippen LogP contribution in [0.2, 0.25) is 0 Å². The molecule has 0 radical (unpaired) electrons. The van der Waals surface area contributed by atoms with Gasteiger partial charge in [0.1, 0.15) is 5.60 Å². The third-order valence-electron chi connectivity index (χ3n) is 2.40. The average molecular weight is 229 g/mol.